The SMILES string of the molecule is Cc1cc([N+](=O)[O-])c(Cl)cc1CC(Br)C1CC1. The summed E-state index contributed by atoms with van der Waals surface area (Å²) in [6.45, 7) is 1.89. The van der Waals surface area contributed by atoms with E-state index in [1.165, 1.54) is 12.8 Å². The van der Waals surface area contributed by atoms with Crippen LogP contribution in [0.15, 0.2) is 12.1 Å². The smallest absolute Gasteiger partial charge is 0.258 e. The summed E-state index contributed by atoms with van der Waals surface area (Å²) in [4.78, 5) is 10.8. The van der Waals surface area contributed by atoms with E-state index in [-0.39, 0.29) is 10.7 Å². The summed E-state index contributed by atoms with van der Waals surface area (Å²) in [5, 5.41) is 11.0. The van der Waals surface area contributed by atoms with Crippen LogP contribution < -0.4 is 0 Å². The normalized spacial score (nSPS) is 16.9. The van der Waals surface area contributed by atoms with Crippen molar-refractivity contribution < 1.29 is 4.92 Å². The fraction of sp³-hybridized carbons (Fsp3) is 0.500. The Morgan fingerprint density at radius 1 is 1.59 bits per heavy atom. The van der Waals surface area contributed by atoms with E-state index in [9.17, 15) is 10.1 Å². The highest BCUT2D eigenvalue weighted by Crippen LogP contribution is 2.39. The molecule has 2 rings (SSSR count). The second-order valence-electron chi connectivity index (χ2n) is 4.54. The van der Waals surface area contributed by atoms with Crippen molar-refractivity contribution in [1.29, 1.82) is 0 Å². The van der Waals surface area contributed by atoms with Gasteiger partial charge in [-0.1, -0.05) is 27.5 Å². The molecule has 0 N–H and O–H groups in total. The molecular weight excluding hydrogens is 305 g/mol. The summed E-state index contributed by atoms with van der Waals surface area (Å²) >= 11 is 9.59. The highest BCUT2D eigenvalue weighted by atomic mass is 79.9. The van der Waals surface area contributed by atoms with Crippen LogP contribution in [0, 0.1) is 23.0 Å². The highest BCUT2D eigenvalue weighted by molar-refractivity contribution is 9.09. The first kappa shape index (κ1) is 12.8. The van der Waals surface area contributed by atoms with Gasteiger partial charge in [0, 0.05) is 10.9 Å². The third-order valence-electron chi connectivity index (χ3n) is 3.15. The second kappa shape index (κ2) is 4.94. The molecule has 0 radical (unpaired) electrons. The molecule has 1 aromatic rings. The Balaban J connectivity index is 2.22. The van der Waals surface area contributed by atoms with E-state index in [1.54, 1.807) is 12.1 Å². The lowest BCUT2D eigenvalue weighted by Crippen LogP contribution is -2.06. The Hall–Kier alpha value is -0.610. The van der Waals surface area contributed by atoms with Crippen LogP contribution in [-0.4, -0.2) is 9.75 Å². The first-order valence-electron chi connectivity index (χ1n) is 5.56. The molecule has 0 heterocycles. The van der Waals surface area contributed by atoms with Crippen LogP contribution in [0.4, 0.5) is 5.69 Å². The lowest BCUT2D eigenvalue weighted by atomic mass is 10.0. The van der Waals surface area contributed by atoms with E-state index in [0.717, 1.165) is 23.5 Å². The molecule has 0 bridgehead atoms. The van der Waals surface area contributed by atoms with Gasteiger partial charge in [-0.3, -0.25) is 10.1 Å². The highest BCUT2D eigenvalue weighted by Gasteiger charge is 2.29. The van der Waals surface area contributed by atoms with Gasteiger partial charge in [-0.05, 0) is 49.3 Å². The van der Waals surface area contributed by atoms with Gasteiger partial charge in [-0.2, -0.15) is 0 Å². The largest absolute Gasteiger partial charge is 0.288 e. The first-order valence-corrected chi connectivity index (χ1v) is 6.86. The van der Waals surface area contributed by atoms with Gasteiger partial charge in [0.15, 0.2) is 0 Å². The van der Waals surface area contributed by atoms with Gasteiger partial charge in [0.25, 0.3) is 5.69 Å². The zero-order valence-electron chi connectivity index (χ0n) is 9.45. The van der Waals surface area contributed by atoms with Crippen molar-refractivity contribution in [2.45, 2.75) is 31.0 Å². The lowest BCUT2D eigenvalue weighted by molar-refractivity contribution is -0.384. The third-order valence-corrected chi connectivity index (χ3v) is 4.52. The fourth-order valence-electron chi connectivity index (χ4n) is 1.90. The van der Waals surface area contributed by atoms with Gasteiger partial charge < -0.3 is 0 Å². The van der Waals surface area contributed by atoms with Gasteiger partial charge in [0.1, 0.15) is 5.02 Å². The second-order valence-corrected chi connectivity index (χ2v) is 6.13. The molecular formula is C12H13BrClNO2. The quantitative estimate of drug-likeness (QED) is 0.472. The van der Waals surface area contributed by atoms with Crippen molar-refractivity contribution in [3.8, 4) is 0 Å². The Morgan fingerprint density at radius 3 is 2.76 bits per heavy atom. The molecule has 0 spiro atoms. The number of nitro groups is 1. The average molecular weight is 319 g/mol. The molecule has 1 unspecified atom stereocenters. The van der Waals surface area contributed by atoms with E-state index in [0.29, 0.717) is 4.83 Å². The molecule has 1 aliphatic rings. The molecule has 1 atom stereocenters. The molecule has 0 saturated heterocycles. The summed E-state index contributed by atoms with van der Waals surface area (Å²) in [6.07, 6.45) is 3.43. The summed E-state index contributed by atoms with van der Waals surface area (Å²) in [5.41, 5.74) is 2.02. The van der Waals surface area contributed by atoms with Crippen LogP contribution in [0.5, 0.6) is 0 Å². The number of benzene rings is 1. The maximum absolute atomic E-state index is 10.7. The predicted octanol–water partition coefficient (Wildman–Crippen LogP) is 4.27. The van der Waals surface area contributed by atoms with E-state index in [4.69, 9.17) is 11.6 Å². The Kier molecular flexibility index (Phi) is 3.73. The molecule has 0 aromatic heterocycles. The summed E-state index contributed by atoms with van der Waals surface area (Å²) in [7, 11) is 0. The molecule has 17 heavy (non-hydrogen) atoms. The van der Waals surface area contributed by atoms with Crippen LogP contribution in [0.25, 0.3) is 0 Å². The van der Waals surface area contributed by atoms with Crippen molar-refractivity contribution in [3.05, 3.63) is 38.4 Å². The van der Waals surface area contributed by atoms with Crippen LogP contribution >= 0.6 is 27.5 Å². The van der Waals surface area contributed by atoms with Crippen LogP contribution in [-0.2, 0) is 6.42 Å². The van der Waals surface area contributed by atoms with Crippen LogP contribution in [0.2, 0.25) is 5.02 Å². The molecule has 0 aliphatic heterocycles. The maximum Gasteiger partial charge on any atom is 0.288 e. The summed E-state index contributed by atoms with van der Waals surface area (Å²) < 4.78 is 0. The monoisotopic (exact) mass is 317 g/mol. The van der Waals surface area contributed by atoms with Gasteiger partial charge in [0.05, 0.1) is 4.92 Å². The van der Waals surface area contributed by atoms with Gasteiger partial charge >= 0.3 is 0 Å². The predicted molar refractivity (Wildman–Crippen MR) is 72.0 cm³/mol. The number of nitro benzene ring substituents is 1. The first-order chi connectivity index (χ1) is 7.99. The van der Waals surface area contributed by atoms with E-state index < -0.39 is 4.92 Å². The molecule has 0 amide bonds. The van der Waals surface area contributed by atoms with Gasteiger partial charge in [-0.25, -0.2) is 0 Å². The number of hydrogen-bond donors (Lipinski definition) is 0. The van der Waals surface area contributed by atoms with Crippen LogP contribution in [0.1, 0.15) is 24.0 Å². The Labute approximate surface area is 113 Å². The average Bonchev–Trinajstić information content (AvgIpc) is 3.05. The summed E-state index contributed by atoms with van der Waals surface area (Å²) in [5.74, 6) is 0.753. The molecule has 1 fully saturated rings. The topological polar surface area (TPSA) is 43.1 Å². The van der Waals surface area contributed by atoms with Crippen molar-refractivity contribution in [3.63, 3.8) is 0 Å². The van der Waals surface area contributed by atoms with E-state index in [2.05, 4.69) is 15.9 Å². The van der Waals surface area contributed by atoms with Crippen molar-refractivity contribution in [2.75, 3.05) is 0 Å². The van der Waals surface area contributed by atoms with Crippen molar-refractivity contribution in [2.24, 2.45) is 5.92 Å². The van der Waals surface area contributed by atoms with Gasteiger partial charge in [0.2, 0.25) is 0 Å². The van der Waals surface area contributed by atoms with Crippen molar-refractivity contribution >= 4 is 33.2 Å². The molecule has 1 aromatic carbocycles. The zero-order valence-corrected chi connectivity index (χ0v) is 11.8. The van der Waals surface area contributed by atoms with Crippen molar-refractivity contribution in [1.82, 2.24) is 0 Å². The molecule has 1 saturated carbocycles. The molecule has 92 valence electrons. The fourth-order valence-corrected chi connectivity index (χ4v) is 3.03. The number of nitrogens with zero attached hydrogens (tertiary/aromatic N) is 1. The number of aryl methyl sites for hydroxylation is 1. The molecule has 5 heteroatoms. The Morgan fingerprint density at radius 2 is 2.24 bits per heavy atom. The number of alkyl halides is 1. The van der Waals surface area contributed by atoms with Gasteiger partial charge in [-0.15, -0.1) is 0 Å². The maximum atomic E-state index is 10.7. The summed E-state index contributed by atoms with van der Waals surface area (Å²) in [6, 6.07) is 3.29. The standard InChI is InChI=1S/C12H13BrClNO2/c1-7-4-12(15(16)17)11(14)6-9(7)5-10(13)8-2-3-8/h4,6,8,10H,2-3,5H2,1H3. The minimum atomic E-state index is -0.439. The molecule has 1 aliphatic carbocycles. The van der Waals surface area contributed by atoms with Crippen LogP contribution in [0.3, 0.4) is 0 Å². The third kappa shape index (κ3) is 2.99. The minimum Gasteiger partial charge on any atom is -0.258 e. The number of hydrogen-bond acceptors (Lipinski definition) is 2. The van der Waals surface area contributed by atoms with E-state index >= 15 is 0 Å². The van der Waals surface area contributed by atoms with E-state index in [1.807, 2.05) is 6.92 Å². The zero-order chi connectivity index (χ0) is 12.6. The number of halogens is 2. The minimum absolute atomic E-state index is 0.00883. The Bertz CT molecular complexity index is 460. The molecule has 3 nitrogen and oxygen atoms in total. The number of rotatable bonds is 4. The lowest BCUT2D eigenvalue weighted by Gasteiger charge is -2.11.